The van der Waals surface area contributed by atoms with Crippen LogP contribution in [0.2, 0.25) is 0 Å². The molecule has 112 valence electrons. The molecule has 1 atom stereocenters. The van der Waals surface area contributed by atoms with Crippen molar-refractivity contribution in [2.75, 3.05) is 5.32 Å². The maximum atomic E-state index is 12.2. The van der Waals surface area contributed by atoms with Crippen LogP contribution in [0.5, 0.6) is 0 Å². The van der Waals surface area contributed by atoms with Crippen molar-refractivity contribution in [3.05, 3.63) is 42.5 Å². The van der Waals surface area contributed by atoms with E-state index in [0.29, 0.717) is 18.5 Å². The van der Waals surface area contributed by atoms with Crippen LogP contribution in [0, 0.1) is 0 Å². The van der Waals surface area contributed by atoms with E-state index in [4.69, 9.17) is 5.73 Å². The average molecular weight is 289 g/mol. The largest absolute Gasteiger partial charge is 0.368 e. The van der Waals surface area contributed by atoms with Gasteiger partial charge in [0.25, 0.3) is 5.91 Å². The lowest BCUT2D eigenvalue weighted by Gasteiger charge is -2.16. The molecule has 4 N–H and O–H groups in total. The van der Waals surface area contributed by atoms with Gasteiger partial charge in [0, 0.05) is 6.92 Å². The van der Waals surface area contributed by atoms with Crippen molar-refractivity contribution < 1.29 is 14.4 Å². The molecule has 0 aromatic heterocycles. The van der Waals surface area contributed by atoms with Crippen molar-refractivity contribution in [2.45, 2.75) is 25.8 Å². The van der Waals surface area contributed by atoms with Crippen LogP contribution in [0.1, 0.15) is 30.1 Å². The van der Waals surface area contributed by atoms with Crippen molar-refractivity contribution in [1.29, 1.82) is 0 Å². The van der Waals surface area contributed by atoms with Crippen molar-refractivity contribution >= 4 is 23.4 Å². The predicted molar refractivity (Wildman–Crippen MR) is 80.6 cm³/mol. The van der Waals surface area contributed by atoms with Crippen LogP contribution in [0.15, 0.2) is 36.9 Å². The average Bonchev–Trinajstić information content (AvgIpc) is 2.42. The van der Waals surface area contributed by atoms with E-state index in [1.807, 2.05) is 0 Å². The predicted octanol–water partition coefficient (Wildman–Crippen LogP) is 1.19. The number of amides is 3. The summed E-state index contributed by atoms with van der Waals surface area (Å²) < 4.78 is 0. The third kappa shape index (κ3) is 5.10. The second kappa shape index (κ2) is 7.84. The zero-order valence-corrected chi connectivity index (χ0v) is 11.9. The van der Waals surface area contributed by atoms with Gasteiger partial charge in [0.1, 0.15) is 6.04 Å². The Morgan fingerprint density at radius 2 is 2.00 bits per heavy atom. The molecule has 1 rings (SSSR count). The molecular formula is C15H19N3O3. The number of carbonyl (C=O) groups excluding carboxylic acids is 3. The molecule has 3 amide bonds. The maximum absolute atomic E-state index is 12.2. The molecule has 21 heavy (non-hydrogen) atoms. The third-order valence-corrected chi connectivity index (χ3v) is 2.79. The van der Waals surface area contributed by atoms with Crippen LogP contribution in [0.25, 0.3) is 0 Å². The van der Waals surface area contributed by atoms with Crippen LogP contribution in [-0.2, 0) is 9.59 Å². The van der Waals surface area contributed by atoms with Gasteiger partial charge in [-0.15, -0.1) is 6.58 Å². The normalized spacial score (nSPS) is 11.3. The first-order valence-electron chi connectivity index (χ1n) is 6.53. The number of benzene rings is 1. The lowest BCUT2D eigenvalue weighted by molar-refractivity contribution is -0.120. The first kappa shape index (κ1) is 16.4. The highest BCUT2D eigenvalue weighted by Crippen LogP contribution is 2.15. The van der Waals surface area contributed by atoms with E-state index in [0.717, 1.165) is 0 Å². The van der Waals surface area contributed by atoms with Gasteiger partial charge in [0.05, 0.1) is 11.3 Å². The van der Waals surface area contributed by atoms with Crippen LogP contribution >= 0.6 is 0 Å². The number of hydrogen-bond acceptors (Lipinski definition) is 3. The van der Waals surface area contributed by atoms with Gasteiger partial charge in [0.2, 0.25) is 11.8 Å². The molecule has 0 fully saturated rings. The highest BCUT2D eigenvalue weighted by molar-refractivity contribution is 6.04. The van der Waals surface area contributed by atoms with Gasteiger partial charge < -0.3 is 16.4 Å². The molecule has 0 aliphatic rings. The summed E-state index contributed by atoms with van der Waals surface area (Å²) >= 11 is 0. The molecule has 1 aromatic carbocycles. The molecule has 0 aliphatic heterocycles. The summed E-state index contributed by atoms with van der Waals surface area (Å²) in [5.74, 6) is -1.36. The van der Waals surface area contributed by atoms with E-state index in [1.165, 1.54) is 6.92 Å². The summed E-state index contributed by atoms with van der Waals surface area (Å²) in [6, 6.07) is 5.76. The second-order valence-corrected chi connectivity index (χ2v) is 4.52. The number of nitrogens with one attached hydrogen (secondary N) is 2. The Labute approximate surface area is 123 Å². The van der Waals surface area contributed by atoms with Gasteiger partial charge in [-0.05, 0) is 25.0 Å². The van der Waals surface area contributed by atoms with Crippen molar-refractivity contribution in [3.8, 4) is 0 Å². The molecule has 1 aromatic rings. The minimum absolute atomic E-state index is 0.276. The fraction of sp³-hybridized carbons (Fsp3) is 0.267. The number of para-hydroxylation sites is 1. The van der Waals surface area contributed by atoms with Gasteiger partial charge in [-0.3, -0.25) is 14.4 Å². The molecule has 0 aliphatic carbocycles. The quantitative estimate of drug-likeness (QED) is 0.657. The molecule has 6 heteroatoms. The van der Waals surface area contributed by atoms with E-state index >= 15 is 0 Å². The number of rotatable bonds is 7. The second-order valence-electron chi connectivity index (χ2n) is 4.52. The zero-order valence-electron chi connectivity index (χ0n) is 11.9. The topological polar surface area (TPSA) is 101 Å². The van der Waals surface area contributed by atoms with Gasteiger partial charge in [-0.2, -0.15) is 0 Å². The highest BCUT2D eigenvalue weighted by atomic mass is 16.2. The summed E-state index contributed by atoms with van der Waals surface area (Å²) in [7, 11) is 0. The van der Waals surface area contributed by atoms with E-state index < -0.39 is 17.9 Å². The van der Waals surface area contributed by atoms with Crippen molar-refractivity contribution in [2.24, 2.45) is 5.73 Å². The maximum Gasteiger partial charge on any atom is 0.254 e. The number of anilines is 1. The van der Waals surface area contributed by atoms with Crippen molar-refractivity contribution in [1.82, 2.24) is 5.32 Å². The molecule has 0 radical (unpaired) electrons. The first-order chi connectivity index (χ1) is 9.95. The Balaban J connectivity index is 2.89. The van der Waals surface area contributed by atoms with Gasteiger partial charge in [-0.1, -0.05) is 18.2 Å². The minimum Gasteiger partial charge on any atom is -0.368 e. The molecule has 0 bridgehead atoms. The zero-order chi connectivity index (χ0) is 15.8. The fourth-order valence-electron chi connectivity index (χ4n) is 1.79. The lowest BCUT2D eigenvalue weighted by Crippen LogP contribution is -2.44. The van der Waals surface area contributed by atoms with Gasteiger partial charge >= 0.3 is 0 Å². The molecule has 0 unspecified atom stereocenters. The Hall–Kier alpha value is -2.63. The summed E-state index contributed by atoms with van der Waals surface area (Å²) in [6.45, 7) is 4.92. The first-order valence-corrected chi connectivity index (χ1v) is 6.53. The smallest absolute Gasteiger partial charge is 0.254 e. The fourth-order valence-corrected chi connectivity index (χ4v) is 1.79. The Kier molecular flexibility index (Phi) is 6.13. The monoisotopic (exact) mass is 289 g/mol. The van der Waals surface area contributed by atoms with E-state index in [-0.39, 0.29) is 11.5 Å². The summed E-state index contributed by atoms with van der Waals surface area (Å²) in [6.07, 6.45) is 2.58. The number of allylic oxidation sites excluding steroid dienone is 1. The van der Waals surface area contributed by atoms with E-state index in [1.54, 1.807) is 30.3 Å². The lowest BCUT2D eigenvalue weighted by atomic mass is 10.1. The van der Waals surface area contributed by atoms with Gasteiger partial charge in [0.15, 0.2) is 0 Å². The van der Waals surface area contributed by atoms with Crippen molar-refractivity contribution in [3.63, 3.8) is 0 Å². The standard InChI is InChI=1S/C15H19N3O3/c1-3-4-8-13(14(16)20)18-15(21)11-7-5-6-9-12(11)17-10(2)19/h3,5-7,9,13H,1,4,8H2,2H3,(H2,16,20)(H,17,19)(H,18,21)/t13-/m1/s1. The molecule has 6 nitrogen and oxygen atoms in total. The molecular weight excluding hydrogens is 270 g/mol. The summed E-state index contributed by atoms with van der Waals surface area (Å²) in [4.78, 5) is 34.7. The van der Waals surface area contributed by atoms with Gasteiger partial charge in [-0.25, -0.2) is 0 Å². The molecule has 0 saturated heterocycles. The number of primary amides is 1. The van der Waals surface area contributed by atoms with Crippen LogP contribution in [0.3, 0.4) is 0 Å². The Morgan fingerprint density at radius 1 is 1.33 bits per heavy atom. The summed E-state index contributed by atoms with van der Waals surface area (Å²) in [5, 5.41) is 5.14. The number of nitrogens with two attached hydrogens (primary N) is 1. The Bertz CT molecular complexity index is 555. The minimum atomic E-state index is -0.777. The molecule has 0 spiro atoms. The van der Waals surface area contributed by atoms with E-state index in [2.05, 4.69) is 17.2 Å². The highest BCUT2D eigenvalue weighted by Gasteiger charge is 2.20. The summed E-state index contributed by atoms with van der Waals surface area (Å²) in [5.41, 5.74) is 5.92. The number of hydrogen-bond donors (Lipinski definition) is 3. The number of carbonyl (C=O) groups is 3. The van der Waals surface area contributed by atoms with Crippen LogP contribution in [0.4, 0.5) is 5.69 Å². The van der Waals surface area contributed by atoms with Crippen LogP contribution < -0.4 is 16.4 Å². The molecule has 0 heterocycles. The molecule has 0 saturated carbocycles. The third-order valence-electron chi connectivity index (χ3n) is 2.79. The van der Waals surface area contributed by atoms with E-state index in [9.17, 15) is 14.4 Å². The SMILES string of the molecule is C=CCC[C@@H](NC(=O)c1ccccc1NC(C)=O)C(N)=O. The Morgan fingerprint density at radius 3 is 2.57 bits per heavy atom. The van der Waals surface area contributed by atoms with Crippen LogP contribution in [-0.4, -0.2) is 23.8 Å².